The highest BCUT2D eigenvalue weighted by Crippen LogP contribution is 2.36. The number of nitrogens with two attached hydrogens (primary N) is 1. The van der Waals surface area contributed by atoms with Gasteiger partial charge in [0.1, 0.15) is 0 Å². The van der Waals surface area contributed by atoms with Crippen LogP contribution in [0.1, 0.15) is 33.1 Å². The molecule has 1 saturated carbocycles. The van der Waals surface area contributed by atoms with Crippen LogP contribution in [0.15, 0.2) is 0 Å². The summed E-state index contributed by atoms with van der Waals surface area (Å²) in [5, 5.41) is 11.4. The molecule has 1 fully saturated rings. The average molecular weight is 228 g/mol. The standard InChI is InChI=1S/C11H20N2O3/c1-7(9(14)15)6-13-10(16)11(2)5-3-4-8(11)12/h7-8H,3-6,12H2,1-2H3,(H,13,16)(H,14,15). The van der Waals surface area contributed by atoms with Gasteiger partial charge in [0.15, 0.2) is 0 Å². The molecule has 0 aromatic rings. The van der Waals surface area contributed by atoms with E-state index < -0.39 is 17.3 Å². The average Bonchev–Trinajstić information content (AvgIpc) is 2.56. The molecule has 5 heteroatoms. The molecule has 1 amide bonds. The lowest BCUT2D eigenvalue weighted by Gasteiger charge is -2.27. The SMILES string of the molecule is CC(CNC(=O)C1(C)CCCC1N)C(=O)O. The maximum atomic E-state index is 11.9. The number of hydrogen-bond acceptors (Lipinski definition) is 3. The summed E-state index contributed by atoms with van der Waals surface area (Å²) >= 11 is 0. The van der Waals surface area contributed by atoms with Crippen molar-refractivity contribution in [2.75, 3.05) is 6.54 Å². The number of rotatable bonds is 4. The summed E-state index contributed by atoms with van der Waals surface area (Å²) in [5.41, 5.74) is 5.37. The van der Waals surface area contributed by atoms with E-state index in [-0.39, 0.29) is 18.5 Å². The van der Waals surface area contributed by atoms with Crippen LogP contribution in [0.25, 0.3) is 0 Å². The Balaban J connectivity index is 2.49. The highest BCUT2D eigenvalue weighted by atomic mass is 16.4. The Kier molecular flexibility index (Phi) is 3.91. The van der Waals surface area contributed by atoms with Gasteiger partial charge in [-0.2, -0.15) is 0 Å². The monoisotopic (exact) mass is 228 g/mol. The quantitative estimate of drug-likeness (QED) is 0.647. The summed E-state index contributed by atoms with van der Waals surface area (Å²) in [7, 11) is 0. The minimum atomic E-state index is -0.902. The van der Waals surface area contributed by atoms with E-state index in [0.717, 1.165) is 19.3 Å². The zero-order valence-electron chi connectivity index (χ0n) is 9.82. The van der Waals surface area contributed by atoms with Gasteiger partial charge in [-0.3, -0.25) is 9.59 Å². The molecule has 0 aromatic heterocycles. The van der Waals surface area contributed by atoms with Gasteiger partial charge in [-0.1, -0.05) is 13.3 Å². The van der Waals surface area contributed by atoms with Gasteiger partial charge in [-0.05, 0) is 19.8 Å². The largest absolute Gasteiger partial charge is 0.481 e. The molecular formula is C11H20N2O3. The summed E-state index contributed by atoms with van der Waals surface area (Å²) in [6.07, 6.45) is 2.60. The van der Waals surface area contributed by atoms with Gasteiger partial charge in [-0.25, -0.2) is 0 Å². The van der Waals surface area contributed by atoms with E-state index in [1.807, 2.05) is 6.92 Å². The van der Waals surface area contributed by atoms with E-state index in [1.54, 1.807) is 6.92 Å². The maximum Gasteiger partial charge on any atom is 0.308 e. The fraction of sp³-hybridized carbons (Fsp3) is 0.818. The lowest BCUT2D eigenvalue weighted by Crippen LogP contribution is -2.48. The Bertz CT molecular complexity index is 293. The number of carboxylic acids is 1. The van der Waals surface area contributed by atoms with Gasteiger partial charge < -0.3 is 16.2 Å². The fourth-order valence-electron chi connectivity index (χ4n) is 2.01. The van der Waals surface area contributed by atoms with E-state index >= 15 is 0 Å². The third-order valence-corrected chi connectivity index (χ3v) is 3.54. The Morgan fingerprint density at radius 1 is 1.62 bits per heavy atom. The first-order valence-electron chi connectivity index (χ1n) is 5.64. The van der Waals surface area contributed by atoms with Crippen molar-refractivity contribution >= 4 is 11.9 Å². The second-order valence-corrected chi connectivity index (χ2v) is 4.87. The first kappa shape index (κ1) is 13.0. The van der Waals surface area contributed by atoms with E-state index in [9.17, 15) is 9.59 Å². The number of carbonyl (C=O) groups is 2. The van der Waals surface area contributed by atoms with Gasteiger partial charge in [-0.15, -0.1) is 0 Å². The maximum absolute atomic E-state index is 11.9. The summed E-state index contributed by atoms with van der Waals surface area (Å²) in [6.45, 7) is 3.58. The van der Waals surface area contributed by atoms with E-state index in [4.69, 9.17) is 10.8 Å². The van der Waals surface area contributed by atoms with Crippen molar-refractivity contribution in [3.8, 4) is 0 Å². The third kappa shape index (κ3) is 2.52. The minimum absolute atomic E-state index is 0.118. The summed E-state index contributed by atoms with van der Waals surface area (Å²) in [4.78, 5) is 22.5. The van der Waals surface area contributed by atoms with Crippen molar-refractivity contribution in [1.29, 1.82) is 0 Å². The molecule has 0 aliphatic heterocycles. The molecule has 0 aromatic carbocycles. The van der Waals surface area contributed by atoms with Crippen LogP contribution in [0.3, 0.4) is 0 Å². The van der Waals surface area contributed by atoms with Crippen molar-refractivity contribution in [1.82, 2.24) is 5.32 Å². The minimum Gasteiger partial charge on any atom is -0.481 e. The highest BCUT2D eigenvalue weighted by Gasteiger charge is 2.42. The van der Waals surface area contributed by atoms with Crippen molar-refractivity contribution in [3.05, 3.63) is 0 Å². The molecule has 0 radical (unpaired) electrons. The lowest BCUT2D eigenvalue weighted by molar-refractivity contribution is -0.141. The summed E-state index contributed by atoms with van der Waals surface area (Å²) in [6, 6.07) is -0.118. The number of carboxylic acid groups (broad SMARTS) is 1. The molecule has 1 aliphatic carbocycles. The fourth-order valence-corrected chi connectivity index (χ4v) is 2.01. The molecule has 5 nitrogen and oxygen atoms in total. The Labute approximate surface area is 95.4 Å². The molecule has 1 aliphatic rings. The topological polar surface area (TPSA) is 92.4 Å². The van der Waals surface area contributed by atoms with Gasteiger partial charge in [0.25, 0.3) is 0 Å². The summed E-state index contributed by atoms with van der Waals surface area (Å²) < 4.78 is 0. The number of carbonyl (C=O) groups excluding carboxylic acids is 1. The molecule has 0 spiro atoms. The third-order valence-electron chi connectivity index (χ3n) is 3.54. The zero-order valence-corrected chi connectivity index (χ0v) is 9.82. The van der Waals surface area contributed by atoms with Crippen LogP contribution in [0.4, 0.5) is 0 Å². The molecule has 0 saturated heterocycles. The number of aliphatic carboxylic acids is 1. The van der Waals surface area contributed by atoms with Crippen molar-refractivity contribution in [2.24, 2.45) is 17.1 Å². The van der Waals surface area contributed by atoms with Crippen LogP contribution >= 0.6 is 0 Å². The molecule has 0 heterocycles. The second-order valence-electron chi connectivity index (χ2n) is 4.87. The lowest BCUT2D eigenvalue weighted by atomic mass is 9.84. The first-order valence-corrected chi connectivity index (χ1v) is 5.64. The first-order chi connectivity index (χ1) is 7.38. The van der Waals surface area contributed by atoms with Crippen LogP contribution < -0.4 is 11.1 Å². The molecule has 92 valence electrons. The number of hydrogen-bond donors (Lipinski definition) is 3. The molecular weight excluding hydrogens is 208 g/mol. The van der Waals surface area contributed by atoms with Gasteiger partial charge in [0.05, 0.1) is 11.3 Å². The van der Waals surface area contributed by atoms with Crippen LogP contribution in [0, 0.1) is 11.3 Å². The zero-order chi connectivity index (χ0) is 12.3. The Morgan fingerprint density at radius 2 is 2.25 bits per heavy atom. The normalized spacial score (nSPS) is 31.1. The van der Waals surface area contributed by atoms with E-state index in [1.165, 1.54) is 0 Å². The highest BCUT2D eigenvalue weighted by molar-refractivity contribution is 5.84. The second kappa shape index (κ2) is 4.82. The van der Waals surface area contributed by atoms with Crippen LogP contribution in [0.5, 0.6) is 0 Å². The number of nitrogens with one attached hydrogen (secondary N) is 1. The molecule has 3 atom stereocenters. The molecule has 0 bridgehead atoms. The van der Waals surface area contributed by atoms with Gasteiger partial charge >= 0.3 is 5.97 Å². The number of amides is 1. The molecule has 1 rings (SSSR count). The van der Waals surface area contributed by atoms with Crippen LogP contribution in [-0.4, -0.2) is 29.6 Å². The van der Waals surface area contributed by atoms with E-state index in [0.29, 0.717) is 0 Å². The Morgan fingerprint density at radius 3 is 2.69 bits per heavy atom. The van der Waals surface area contributed by atoms with Crippen LogP contribution in [0.2, 0.25) is 0 Å². The predicted octanol–water partition coefficient (Wildman–Crippen LogP) is 0.341. The van der Waals surface area contributed by atoms with Gasteiger partial charge in [0.2, 0.25) is 5.91 Å². The molecule has 3 unspecified atom stereocenters. The van der Waals surface area contributed by atoms with E-state index in [2.05, 4.69) is 5.32 Å². The molecule has 16 heavy (non-hydrogen) atoms. The van der Waals surface area contributed by atoms with Crippen molar-refractivity contribution in [2.45, 2.75) is 39.2 Å². The van der Waals surface area contributed by atoms with Crippen molar-refractivity contribution < 1.29 is 14.7 Å². The summed E-state index contributed by atoms with van der Waals surface area (Å²) in [5.74, 6) is -1.59. The van der Waals surface area contributed by atoms with Gasteiger partial charge in [0, 0.05) is 12.6 Å². The molecule has 4 N–H and O–H groups in total. The van der Waals surface area contributed by atoms with Crippen molar-refractivity contribution in [3.63, 3.8) is 0 Å². The predicted molar refractivity (Wildman–Crippen MR) is 59.7 cm³/mol. The smallest absolute Gasteiger partial charge is 0.308 e. The van der Waals surface area contributed by atoms with Crippen LogP contribution in [-0.2, 0) is 9.59 Å². The Hall–Kier alpha value is -1.10.